The van der Waals surface area contributed by atoms with Crippen molar-refractivity contribution in [2.45, 2.75) is 31.6 Å². The molecule has 9 heteroatoms. The quantitative estimate of drug-likeness (QED) is 0.724. The van der Waals surface area contributed by atoms with E-state index in [1.807, 2.05) is 0 Å². The fraction of sp³-hybridized carbons (Fsp3) is 0.474. The van der Waals surface area contributed by atoms with Crippen LogP contribution in [0.3, 0.4) is 0 Å². The van der Waals surface area contributed by atoms with Crippen molar-refractivity contribution in [1.29, 1.82) is 0 Å². The third kappa shape index (κ3) is 2.98. The first kappa shape index (κ1) is 18.0. The summed E-state index contributed by atoms with van der Waals surface area (Å²) in [7, 11) is 0. The minimum Gasteiger partial charge on any atom is -0.492 e. The molecule has 2 aromatic heterocycles. The standard InChI is InChI=1S/C19H21FN4O3S/c1-12-21-18-24(22-12)17(25)16(28-18)15(13-2-4-14(20)5-3-13)23-8-6-19(7-9-23)26-10-11-27-19/h2-5,15,25H,6-11H2,1H3. The van der Waals surface area contributed by atoms with Crippen LogP contribution < -0.4 is 0 Å². The largest absolute Gasteiger partial charge is 0.492 e. The first-order valence-corrected chi connectivity index (χ1v) is 10.2. The summed E-state index contributed by atoms with van der Waals surface area (Å²) in [6.07, 6.45) is 1.51. The van der Waals surface area contributed by atoms with E-state index in [2.05, 4.69) is 15.0 Å². The van der Waals surface area contributed by atoms with Gasteiger partial charge in [-0.05, 0) is 24.6 Å². The molecule has 1 aromatic carbocycles. The van der Waals surface area contributed by atoms with Gasteiger partial charge in [0.05, 0.1) is 24.1 Å². The molecule has 5 rings (SSSR count). The third-order valence-corrected chi connectivity index (χ3v) is 6.55. The molecule has 0 amide bonds. The SMILES string of the molecule is Cc1nc2sc(C(c3ccc(F)cc3)N3CCC4(CC3)OCCO4)c(O)n2n1. The van der Waals surface area contributed by atoms with Crippen LogP contribution >= 0.6 is 11.3 Å². The number of thiazole rings is 1. The number of nitrogens with zero attached hydrogens (tertiary/aromatic N) is 4. The molecule has 0 aliphatic carbocycles. The number of aromatic nitrogens is 3. The van der Waals surface area contributed by atoms with E-state index in [1.54, 1.807) is 19.1 Å². The molecule has 28 heavy (non-hydrogen) atoms. The van der Waals surface area contributed by atoms with Crippen LogP contribution in [0.4, 0.5) is 4.39 Å². The number of aryl methyl sites for hydroxylation is 1. The Morgan fingerprint density at radius 3 is 2.50 bits per heavy atom. The highest BCUT2D eigenvalue weighted by Crippen LogP contribution is 2.42. The van der Waals surface area contributed by atoms with E-state index in [-0.39, 0.29) is 17.7 Å². The number of likely N-dealkylation sites (tertiary alicyclic amines) is 1. The van der Waals surface area contributed by atoms with Gasteiger partial charge in [0.1, 0.15) is 11.6 Å². The lowest BCUT2D eigenvalue weighted by Crippen LogP contribution is -2.46. The molecule has 2 aliphatic rings. The van der Waals surface area contributed by atoms with Crippen LogP contribution in [-0.2, 0) is 9.47 Å². The van der Waals surface area contributed by atoms with Crippen molar-refractivity contribution in [1.82, 2.24) is 19.5 Å². The van der Waals surface area contributed by atoms with Gasteiger partial charge >= 0.3 is 0 Å². The topological polar surface area (TPSA) is 72.1 Å². The number of ether oxygens (including phenoxy) is 2. The lowest BCUT2D eigenvalue weighted by atomic mass is 9.97. The Kier molecular flexibility index (Phi) is 4.35. The maximum Gasteiger partial charge on any atom is 0.230 e. The predicted octanol–water partition coefficient (Wildman–Crippen LogP) is 2.87. The lowest BCUT2D eigenvalue weighted by molar-refractivity contribution is -0.187. The second-order valence-electron chi connectivity index (χ2n) is 7.24. The average Bonchev–Trinajstić information content (AvgIpc) is 3.37. The molecule has 1 atom stereocenters. The van der Waals surface area contributed by atoms with Gasteiger partial charge in [-0.2, -0.15) is 4.52 Å². The first-order chi connectivity index (χ1) is 13.5. The first-order valence-electron chi connectivity index (χ1n) is 9.37. The van der Waals surface area contributed by atoms with E-state index in [4.69, 9.17) is 9.47 Å². The van der Waals surface area contributed by atoms with Crippen molar-refractivity contribution in [2.24, 2.45) is 0 Å². The summed E-state index contributed by atoms with van der Waals surface area (Å²) in [6.45, 7) is 4.55. The van der Waals surface area contributed by atoms with Gasteiger partial charge in [-0.3, -0.25) is 4.90 Å². The predicted molar refractivity (Wildman–Crippen MR) is 101 cm³/mol. The molecule has 2 fully saturated rings. The van der Waals surface area contributed by atoms with E-state index in [9.17, 15) is 9.50 Å². The van der Waals surface area contributed by atoms with Gasteiger partial charge in [0.15, 0.2) is 5.79 Å². The molecule has 2 saturated heterocycles. The molecule has 0 radical (unpaired) electrons. The van der Waals surface area contributed by atoms with Crippen LogP contribution in [0.2, 0.25) is 0 Å². The van der Waals surface area contributed by atoms with Gasteiger partial charge < -0.3 is 14.6 Å². The van der Waals surface area contributed by atoms with E-state index in [0.717, 1.165) is 36.4 Å². The second-order valence-corrected chi connectivity index (χ2v) is 8.25. The van der Waals surface area contributed by atoms with Gasteiger partial charge in [-0.15, -0.1) is 5.10 Å². The second kappa shape index (κ2) is 6.77. The summed E-state index contributed by atoms with van der Waals surface area (Å²) < 4.78 is 26.7. The third-order valence-electron chi connectivity index (χ3n) is 5.48. The van der Waals surface area contributed by atoms with Gasteiger partial charge in [0, 0.05) is 25.9 Å². The average molecular weight is 404 g/mol. The van der Waals surface area contributed by atoms with Crippen molar-refractivity contribution < 1.29 is 19.0 Å². The molecule has 0 bridgehead atoms. The highest BCUT2D eigenvalue weighted by atomic mass is 32.1. The Morgan fingerprint density at radius 2 is 1.86 bits per heavy atom. The highest BCUT2D eigenvalue weighted by molar-refractivity contribution is 7.17. The minimum atomic E-state index is -0.478. The summed E-state index contributed by atoms with van der Waals surface area (Å²) in [4.78, 5) is 8.06. The zero-order chi connectivity index (χ0) is 19.3. The lowest BCUT2D eigenvalue weighted by Gasteiger charge is -2.41. The normalized spacial score (nSPS) is 20.9. The van der Waals surface area contributed by atoms with Gasteiger partial charge in [-0.25, -0.2) is 9.37 Å². The van der Waals surface area contributed by atoms with Crippen LogP contribution in [-0.4, -0.2) is 56.7 Å². The van der Waals surface area contributed by atoms with E-state index >= 15 is 0 Å². The molecule has 148 valence electrons. The van der Waals surface area contributed by atoms with E-state index in [1.165, 1.54) is 28.0 Å². The van der Waals surface area contributed by atoms with Crippen molar-refractivity contribution in [3.8, 4) is 5.88 Å². The van der Waals surface area contributed by atoms with Crippen molar-refractivity contribution in [3.05, 3.63) is 46.3 Å². The fourth-order valence-electron chi connectivity index (χ4n) is 4.11. The maximum absolute atomic E-state index is 13.5. The van der Waals surface area contributed by atoms with Crippen LogP contribution in [0.15, 0.2) is 24.3 Å². The molecular formula is C19H21FN4O3S. The molecule has 1 N–H and O–H groups in total. The number of benzene rings is 1. The Morgan fingerprint density at radius 1 is 1.18 bits per heavy atom. The monoisotopic (exact) mass is 404 g/mol. The zero-order valence-corrected chi connectivity index (χ0v) is 16.3. The van der Waals surface area contributed by atoms with Crippen LogP contribution in [0.1, 0.15) is 35.1 Å². The van der Waals surface area contributed by atoms with Crippen LogP contribution in [0.25, 0.3) is 4.96 Å². The summed E-state index contributed by atoms with van der Waals surface area (Å²) in [5.41, 5.74) is 0.919. The number of rotatable bonds is 3. The number of fused-ring (bicyclic) bond motifs is 1. The summed E-state index contributed by atoms with van der Waals surface area (Å²) in [5.74, 6) is -0.0602. The molecule has 1 unspecified atom stereocenters. The van der Waals surface area contributed by atoms with Crippen LogP contribution in [0.5, 0.6) is 5.88 Å². The molecule has 0 saturated carbocycles. The Hall–Kier alpha value is -2.07. The number of halogens is 1. The summed E-state index contributed by atoms with van der Waals surface area (Å²) in [6, 6.07) is 6.24. The smallest absolute Gasteiger partial charge is 0.230 e. The van der Waals surface area contributed by atoms with Crippen molar-refractivity contribution in [3.63, 3.8) is 0 Å². The number of piperidine rings is 1. The number of hydrogen-bond acceptors (Lipinski definition) is 7. The van der Waals surface area contributed by atoms with Gasteiger partial charge in [-0.1, -0.05) is 23.5 Å². The molecule has 7 nitrogen and oxygen atoms in total. The fourth-order valence-corrected chi connectivity index (χ4v) is 5.27. The Labute approximate surface area is 165 Å². The minimum absolute atomic E-state index is 0.0866. The van der Waals surface area contributed by atoms with Crippen molar-refractivity contribution >= 4 is 16.3 Å². The zero-order valence-electron chi connectivity index (χ0n) is 15.5. The van der Waals surface area contributed by atoms with Crippen molar-refractivity contribution in [2.75, 3.05) is 26.3 Å². The summed E-state index contributed by atoms with van der Waals surface area (Å²) in [5, 5.41) is 15.1. The van der Waals surface area contributed by atoms with Gasteiger partial charge in [0.25, 0.3) is 0 Å². The number of aromatic hydroxyl groups is 1. The van der Waals surface area contributed by atoms with Crippen LogP contribution in [0, 0.1) is 12.7 Å². The highest BCUT2D eigenvalue weighted by Gasteiger charge is 2.42. The van der Waals surface area contributed by atoms with E-state index < -0.39 is 5.79 Å². The summed E-state index contributed by atoms with van der Waals surface area (Å²) >= 11 is 1.41. The molecular weight excluding hydrogens is 383 g/mol. The molecule has 3 aromatic rings. The Balaban J connectivity index is 1.52. The molecule has 1 spiro atoms. The maximum atomic E-state index is 13.5. The number of hydrogen-bond donors (Lipinski definition) is 1. The van der Waals surface area contributed by atoms with E-state index in [0.29, 0.717) is 24.0 Å². The Bertz CT molecular complexity index is 987. The van der Waals surface area contributed by atoms with Gasteiger partial charge in [0.2, 0.25) is 10.8 Å². The molecule has 2 aliphatic heterocycles. The molecule has 4 heterocycles.